The Morgan fingerprint density at radius 3 is 2.68 bits per heavy atom. The average molecular weight is 333 g/mol. The SMILES string of the molecule is CCN(Cc1ccc(Cl)s1)C(=O)NCC#Cc1ccccc1. The minimum absolute atomic E-state index is 0.116. The maximum Gasteiger partial charge on any atom is 0.318 e. The number of carbonyl (C=O) groups excluding carboxylic acids is 1. The third-order valence-corrected chi connectivity index (χ3v) is 4.19. The van der Waals surface area contributed by atoms with Gasteiger partial charge in [0.1, 0.15) is 0 Å². The first kappa shape index (κ1) is 16.4. The molecule has 0 aliphatic rings. The first-order valence-corrected chi connectivity index (χ1v) is 8.19. The molecule has 0 spiro atoms. The summed E-state index contributed by atoms with van der Waals surface area (Å²) in [4.78, 5) is 14.9. The maximum atomic E-state index is 12.1. The Kier molecular flexibility index (Phi) is 6.32. The van der Waals surface area contributed by atoms with E-state index in [0.717, 1.165) is 14.8 Å². The van der Waals surface area contributed by atoms with Crippen molar-refractivity contribution >= 4 is 29.0 Å². The van der Waals surface area contributed by atoms with Crippen molar-refractivity contribution in [2.75, 3.05) is 13.1 Å². The molecule has 114 valence electrons. The first-order chi connectivity index (χ1) is 10.7. The summed E-state index contributed by atoms with van der Waals surface area (Å²) in [5.41, 5.74) is 0.942. The van der Waals surface area contributed by atoms with Gasteiger partial charge >= 0.3 is 6.03 Å². The Labute approximate surface area is 139 Å². The molecule has 0 unspecified atom stereocenters. The zero-order valence-electron chi connectivity index (χ0n) is 12.3. The largest absolute Gasteiger partial charge is 0.327 e. The van der Waals surface area contributed by atoms with Gasteiger partial charge < -0.3 is 10.2 Å². The number of carbonyl (C=O) groups is 1. The van der Waals surface area contributed by atoms with E-state index in [9.17, 15) is 4.79 Å². The van der Waals surface area contributed by atoms with Gasteiger partial charge in [0.2, 0.25) is 0 Å². The van der Waals surface area contributed by atoms with Crippen LogP contribution in [-0.4, -0.2) is 24.0 Å². The third kappa shape index (κ3) is 5.10. The average Bonchev–Trinajstić information content (AvgIpc) is 2.95. The number of hydrogen-bond donors (Lipinski definition) is 1. The normalized spacial score (nSPS) is 9.73. The summed E-state index contributed by atoms with van der Waals surface area (Å²) in [5.74, 6) is 5.96. The van der Waals surface area contributed by atoms with Crippen molar-refractivity contribution < 1.29 is 4.79 Å². The summed E-state index contributed by atoms with van der Waals surface area (Å²) < 4.78 is 0.736. The van der Waals surface area contributed by atoms with E-state index in [1.165, 1.54) is 11.3 Å². The molecule has 0 fully saturated rings. The third-order valence-electron chi connectivity index (χ3n) is 2.98. The standard InChI is InChI=1S/C17H17ClN2OS/c1-2-20(13-15-10-11-16(18)22-15)17(21)19-12-6-9-14-7-4-3-5-8-14/h3-5,7-8,10-11H,2,12-13H2,1H3,(H,19,21). The molecule has 0 atom stereocenters. The van der Waals surface area contributed by atoms with Crippen LogP contribution in [0.25, 0.3) is 0 Å². The van der Waals surface area contributed by atoms with Crippen molar-refractivity contribution in [2.45, 2.75) is 13.5 Å². The molecular weight excluding hydrogens is 316 g/mol. The van der Waals surface area contributed by atoms with E-state index in [1.807, 2.05) is 49.4 Å². The molecule has 3 nitrogen and oxygen atoms in total. The minimum Gasteiger partial charge on any atom is -0.327 e. The lowest BCUT2D eigenvalue weighted by molar-refractivity contribution is 0.200. The molecule has 0 saturated carbocycles. The minimum atomic E-state index is -0.116. The van der Waals surface area contributed by atoms with Gasteiger partial charge in [-0.25, -0.2) is 4.79 Å². The zero-order valence-corrected chi connectivity index (χ0v) is 13.9. The number of nitrogens with zero attached hydrogens (tertiary/aromatic N) is 1. The zero-order chi connectivity index (χ0) is 15.8. The second-order valence-corrected chi connectivity index (χ2v) is 6.35. The Morgan fingerprint density at radius 1 is 1.27 bits per heavy atom. The summed E-state index contributed by atoms with van der Waals surface area (Å²) in [6.07, 6.45) is 0. The molecule has 0 bridgehead atoms. The van der Waals surface area contributed by atoms with Crippen molar-refractivity contribution in [3.63, 3.8) is 0 Å². The molecule has 1 N–H and O–H groups in total. The number of rotatable bonds is 4. The lowest BCUT2D eigenvalue weighted by Crippen LogP contribution is -2.39. The van der Waals surface area contributed by atoms with Crippen molar-refractivity contribution in [1.82, 2.24) is 10.2 Å². The summed E-state index contributed by atoms with van der Waals surface area (Å²) in [7, 11) is 0. The monoisotopic (exact) mass is 332 g/mol. The summed E-state index contributed by atoms with van der Waals surface area (Å²) in [6.45, 7) is 3.47. The van der Waals surface area contributed by atoms with E-state index in [2.05, 4.69) is 17.2 Å². The van der Waals surface area contributed by atoms with Crippen molar-refractivity contribution in [1.29, 1.82) is 0 Å². The maximum absolute atomic E-state index is 12.1. The van der Waals surface area contributed by atoms with Crippen LogP contribution >= 0.6 is 22.9 Å². The summed E-state index contributed by atoms with van der Waals surface area (Å²) in [6, 6.07) is 13.4. The van der Waals surface area contributed by atoms with Gasteiger partial charge in [-0.15, -0.1) is 11.3 Å². The van der Waals surface area contributed by atoms with Gasteiger partial charge in [0.05, 0.1) is 17.4 Å². The van der Waals surface area contributed by atoms with Crippen LogP contribution in [0.5, 0.6) is 0 Å². The molecule has 2 rings (SSSR count). The fraction of sp³-hybridized carbons (Fsp3) is 0.235. The van der Waals surface area contributed by atoms with Gasteiger partial charge in [-0.3, -0.25) is 0 Å². The Hall–Kier alpha value is -1.96. The number of benzene rings is 1. The van der Waals surface area contributed by atoms with Crippen LogP contribution < -0.4 is 5.32 Å². The Bertz CT molecular complexity index is 673. The molecule has 0 aliphatic carbocycles. The van der Waals surface area contributed by atoms with Crippen LogP contribution in [0.3, 0.4) is 0 Å². The number of nitrogens with one attached hydrogen (secondary N) is 1. The van der Waals surface area contributed by atoms with Crippen LogP contribution in [0.2, 0.25) is 4.34 Å². The molecule has 0 saturated heterocycles. The first-order valence-electron chi connectivity index (χ1n) is 7.00. The molecule has 2 amide bonds. The molecule has 1 aromatic carbocycles. The number of hydrogen-bond acceptors (Lipinski definition) is 2. The fourth-order valence-corrected chi connectivity index (χ4v) is 2.95. The van der Waals surface area contributed by atoms with Gasteiger partial charge in [0.15, 0.2) is 0 Å². The van der Waals surface area contributed by atoms with Gasteiger partial charge in [0, 0.05) is 17.0 Å². The van der Waals surface area contributed by atoms with Crippen LogP contribution in [-0.2, 0) is 6.54 Å². The molecule has 0 radical (unpaired) electrons. The van der Waals surface area contributed by atoms with Gasteiger partial charge in [0.25, 0.3) is 0 Å². The lowest BCUT2D eigenvalue weighted by Gasteiger charge is -2.19. The summed E-state index contributed by atoms with van der Waals surface area (Å²) in [5, 5.41) is 2.82. The van der Waals surface area contributed by atoms with Gasteiger partial charge in [-0.05, 0) is 31.2 Å². The molecule has 0 aliphatic heterocycles. The highest BCUT2D eigenvalue weighted by atomic mass is 35.5. The molecule has 22 heavy (non-hydrogen) atoms. The van der Waals surface area contributed by atoms with Crippen molar-refractivity contribution in [3.05, 3.63) is 57.2 Å². The van der Waals surface area contributed by atoms with Crippen molar-refractivity contribution in [2.24, 2.45) is 0 Å². The van der Waals surface area contributed by atoms with Crippen LogP contribution in [0, 0.1) is 11.8 Å². The topological polar surface area (TPSA) is 32.3 Å². The fourth-order valence-electron chi connectivity index (χ4n) is 1.85. The quantitative estimate of drug-likeness (QED) is 0.844. The number of amides is 2. The molecule has 5 heteroatoms. The highest BCUT2D eigenvalue weighted by Crippen LogP contribution is 2.22. The molecule has 2 aromatic rings. The lowest BCUT2D eigenvalue weighted by atomic mass is 10.2. The van der Waals surface area contributed by atoms with Gasteiger partial charge in [-0.1, -0.05) is 41.6 Å². The van der Waals surface area contributed by atoms with Gasteiger partial charge in [-0.2, -0.15) is 0 Å². The van der Waals surface area contributed by atoms with E-state index in [1.54, 1.807) is 4.90 Å². The Balaban J connectivity index is 1.83. The van der Waals surface area contributed by atoms with E-state index < -0.39 is 0 Å². The predicted molar refractivity (Wildman–Crippen MR) is 92.1 cm³/mol. The van der Waals surface area contributed by atoms with Crippen LogP contribution in [0.4, 0.5) is 4.79 Å². The van der Waals surface area contributed by atoms with Crippen LogP contribution in [0.15, 0.2) is 42.5 Å². The second-order valence-electron chi connectivity index (χ2n) is 4.55. The van der Waals surface area contributed by atoms with E-state index in [0.29, 0.717) is 19.6 Å². The van der Waals surface area contributed by atoms with Crippen molar-refractivity contribution in [3.8, 4) is 11.8 Å². The van der Waals surface area contributed by atoms with E-state index in [-0.39, 0.29) is 6.03 Å². The van der Waals surface area contributed by atoms with E-state index in [4.69, 9.17) is 11.6 Å². The molecule has 1 aromatic heterocycles. The highest BCUT2D eigenvalue weighted by Gasteiger charge is 2.12. The predicted octanol–water partition coefficient (Wildman–Crippen LogP) is 3.98. The number of urea groups is 1. The number of thiophene rings is 1. The van der Waals surface area contributed by atoms with Crippen LogP contribution in [0.1, 0.15) is 17.4 Å². The second kappa shape index (κ2) is 8.47. The highest BCUT2D eigenvalue weighted by molar-refractivity contribution is 7.16. The Morgan fingerprint density at radius 2 is 2.05 bits per heavy atom. The molecular formula is C17H17ClN2OS. The number of halogens is 1. The smallest absolute Gasteiger partial charge is 0.318 e. The summed E-state index contributed by atoms with van der Waals surface area (Å²) >= 11 is 7.40. The van der Waals surface area contributed by atoms with E-state index >= 15 is 0 Å². The molecule has 1 heterocycles.